The van der Waals surface area contributed by atoms with Gasteiger partial charge in [-0.05, 0) is 23.8 Å². The Morgan fingerprint density at radius 1 is 1.19 bits per heavy atom. The number of hydrogen-bond donors (Lipinski definition) is 2. The van der Waals surface area contributed by atoms with Crippen molar-refractivity contribution in [1.82, 2.24) is 0 Å². The van der Waals surface area contributed by atoms with Crippen molar-refractivity contribution in [1.29, 1.82) is 0 Å². The summed E-state index contributed by atoms with van der Waals surface area (Å²) in [5.74, 6) is 0.0779. The minimum Gasteiger partial charge on any atom is -0.497 e. The molecular weight excluding hydrogens is 293 g/mol. The number of aliphatic hydroxyl groups excluding tert-OH is 1. The quantitative estimate of drug-likeness (QED) is 0.892. The van der Waals surface area contributed by atoms with Crippen molar-refractivity contribution in [2.75, 3.05) is 7.11 Å². The average molecular weight is 312 g/mol. The Kier molecular flexibility index (Phi) is 6.62. The molecule has 0 fully saturated rings. The molecule has 2 aromatic rings. The zero-order valence-electron chi connectivity index (χ0n) is 11.7. The number of hydrogen-bond acceptors (Lipinski definition) is 3. The first-order valence-electron chi connectivity index (χ1n) is 6.43. The summed E-state index contributed by atoms with van der Waals surface area (Å²) in [5, 5.41) is 10.2. The molecule has 0 saturated heterocycles. The first-order chi connectivity index (χ1) is 9.61. The minimum atomic E-state index is -0.862. The van der Waals surface area contributed by atoms with E-state index in [-0.39, 0.29) is 18.0 Å². The lowest BCUT2D eigenvalue weighted by atomic mass is 9.96. The molecule has 2 aromatic carbocycles. The first kappa shape index (κ1) is 17.4. The van der Waals surface area contributed by atoms with E-state index in [2.05, 4.69) is 0 Å². The van der Waals surface area contributed by atoms with Crippen molar-refractivity contribution in [2.24, 2.45) is 5.73 Å². The molecule has 0 spiro atoms. The number of halogens is 2. The van der Waals surface area contributed by atoms with E-state index < -0.39 is 18.0 Å². The summed E-state index contributed by atoms with van der Waals surface area (Å²) in [6.45, 7) is 0. The van der Waals surface area contributed by atoms with Gasteiger partial charge in [-0.3, -0.25) is 0 Å². The van der Waals surface area contributed by atoms with Gasteiger partial charge in [-0.25, -0.2) is 4.39 Å². The molecule has 0 heterocycles. The van der Waals surface area contributed by atoms with Crippen molar-refractivity contribution in [3.8, 4) is 5.75 Å². The van der Waals surface area contributed by atoms with Crippen LogP contribution in [0, 0.1) is 5.82 Å². The Morgan fingerprint density at radius 3 is 2.48 bits per heavy atom. The van der Waals surface area contributed by atoms with Crippen LogP contribution in [-0.2, 0) is 6.42 Å². The molecule has 0 aliphatic heterocycles. The van der Waals surface area contributed by atoms with Crippen LogP contribution in [0.2, 0.25) is 0 Å². The zero-order chi connectivity index (χ0) is 14.5. The van der Waals surface area contributed by atoms with Gasteiger partial charge in [-0.15, -0.1) is 12.4 Å². The highest BCUT2D eigenvalue weighted by Crippen LogP contribution is 2.24. The Morgan fingerprint density at radius 2 is 1.86 bits per heavy atom. The van der Waals surface area contributed by atoms with Crippen LogP contribution >= 0.6 is 12.4 Å². The molecular formula is C16H19ClFNO2. The van der Waals surface area contributed by atoms with Gasteiger partial charge in [0.2, 0.25) is 0 Å². The third-order valence-corrected chi connectivity index (χ3v) is 3.26. The van der Waals surface area contributed by atoms with Crippen molar-refractivity contribution in [3.05, 3.63) is 65.5 Å². The van der Waals surface area contributed by atoms with E-state index in [9.17, 15) is 9.50 Å². The topological polar surface area (TPSA) is 55.5 Å². The predicted molar refractivity (Wildman–Crippen MR) is 83.3 cm³/mol. The van der Waals surface area contributed by atoms with Crippen molar-refractivity contribution >= 4 is 12.4 Å². The molecule has 114 valence electrons. The van der Waals surface area contributed by atoms with Crippen LogP contribution < -0.4 is 10.5 Å². The van der Waals surface area contributed by atoms with E-state index in [0.717, 1.165) is 5.56 Å². The molecule has 0 amide bonds. The fourth-order valence-corrected chi connectivity index (χ4v) is 2.09. The van der Waals surface area contributed by atoms with Gasteiger partial charge in [0.25, 0.3) is 0 Å². The van der Waals surface area contributed by atoms with Crippen LogP contribution in [0.15, 0.2) is 48.5 Å². The Labute approximate surface area is 130 Å². The number of ether oxygens (including phenoxy) is 1. The number of aliphatic hydroxyl groups is 1. The summed E-state index contributed by atoms with van der Waals surface area (Å²) in [6.07, 6.45) is -0.488. The lowest BCUT2D eigenvalue weighted by Crippen LogP contribution is -2.29. The highest BCUT2D eigenvalue weighted by atomic mass is 35.5. The second kappa shape index (κ2) is 7.98. The summed E-state index contributed by atoms with van der Waals surface area (Å²) < 4.78 is 18.9. The molecule has 21 heavy (non-hydrogen) atoms. The molecule has 0 saturated carbocycles. The zero-order valence-corrected chi connectivity index (χ0v) is 12.5. The molecule has 0 unspecified atom stereocenters. The van der Waals surface area contributed by atoms with Gasteiger partial charge in [-0.2, -0.15) is 0 Å². The molecule has 2 rings (SSSR count). The largest absolute Gasteiger partial charge is 0.497 e. The second-order valence-electron chi connectivity index (χ2n) is 4.67. The van der Waals surface area contributed by atoms with Crippen LogP contribution in [0.25, 0.3) is 0 Å². The van der Waals surface area contributed by atoms with Crippen LogP contribution in [0.4, 0.5) is 4.39 Å². The maximum Gasteiger partial charge on any atom is 0.128 e. The molecule has 5 heteroatoms. The standard InChI is InChI=1S/C16H18FNO2.ClH/c1-20-12-7-8-14(17)13(10-12)16(18)15(19)9-11-5-3-2-4-6-11;/h2-8,10,15-16,19H,9,18H2,1H3;1H/t15-,16+;/m0./s1. The fourth-order valence-electron chi connectivity index (χ4n) is 2.09. The van der Waals surface area contributed by atoms with Gasteiger partial charge < -0.3 is 15.6 Å². The number of methoxy groups -OCH3 is 1. The van der Waals surface area contributed by atoms with E-state index in [1.807, 2.05) is 30.3 Å². The molecule has 3 nitrogen and oxygen atoms in total. The molecule has 0 aliphatic rings. The monoisotopic (exact) mass is 311 g/mol. The number of benzene rings is 2. The van der Waals surface area contributed by atoms with Crippen molar-refractivity contribution in [2.45, 2.75) is 18.6 Å². The van der Waals surface area contributed by atoms with Gasteiger partial charge >= 0.3 is 0 Å². The van der Waals surface area contributed by atoms with E-state index >= 15 is 0 Å². The second-order valence-corrected chi connectivity index (χ2v) is 4.67. The normalized spacial score (nSPS) is 13.1. The fraction of sp³-hybridized carbons (Fsp3) is 0.250. The van der Waals surface area contributed by atoms with Crippen LogP contribution in [0.1, 0.15) is 17.2 Å². The van der Waals surface area contributed by atoms with Gasteiger partial charge in [-0.1, -0.05) is 30.3 Å². The molecule has 0 aromatic heterocycles. The molecule has 2 atom stereocenters. The predicted octanol–water partition coefficient (Wildman–Crippen LogP) is 2.86. The lowest BCUT2D eigenvalue weighted by Gasteiger charge is -2.20. The maximum absolute atomic E-state index is 13.8. The van der Waals surface area contributed by atoms with Crippen molar-refractivity contribution in [3.63, 3.8) is 0 Å². The van der Waals surface area contributed by atoms with Gasteiger partial charge in [0.1, 0.15) is 11.6 Å². The smallest absolute Gasteiger partial charge is 0.128 e. The van der Waals surface area contributed by atoms with Crippen LogP contribution in [0.5, 0.6) is 5.75 Å². The number of rotatable bonds is 5. The molecule has 0 bridgehead atoms. The van der Waals surface area contributed by atoms with Crippen LogP contribution in [0.3, 0.4) is 0 Å². The highest BCUT2D eigenvalue weighted by molar-refractivity contribution is 5.85. The lowest BCUT2D eigenvalue weighted by molar-refractivity contribution is 0.143. The van der Waals surface area contributed by atoms with E-state index in [1.165, 1.54) is 25.3 Å². The minimum absolute atomic E-state index is 0. The first-order valence-corrected chi connectivity index (χ1v) is 6.43. The van der Waals surface area contributed by atoms with E-state index in [1.54, 1.807) is 0 Å². The van der Waals surface area contributed by atoms with Crippen LogP contribution in [-0.4, -0.2) is 18.3 Å². The number of nitrogens with two attached hydrogens (primary N) is 1. The van der Waals surface area contributed by atoms with Crippen molar-refractivity contribution < 1.29 is 14.2 Å². The van der Waals surface area contributed by atoms with E-state index in [0.29, 0.717) is 12.2 Å². The van der Waals surface area contributed by atoms with Gasteiger partial charge in [0.05, 0.1) is 19.3 Å². The molecule has 3 N–H and O–H groups in total. The Balaban J connectivity index is 0.00000220. The summed E-state index contributed by atoms with van der Waals surface area (Å²) in [7, 11) is 1.50. The summed E-state index contributed by atoms with van der Waals surface area (Å²) >= 11 is 0. The summed E-state index contributed by atoms with van der Waals surface area (Å²) in [6, 6.07) is 13.0. The average Bonchev–Trinajstić information content (AvgIpc) is 2.48. The molecule has 0 radical (unpaired) electrons. The highest BCUT2D eigenvalue weighted by Gasteiger charge is 2.21. The van der Waals surface area contributed by atoms with E-state index in [4.69, 9.17) is 10.5 Å². The SMILES string of the molecule is COc1ccc(F)c([C@@H](N)[C@@H](O)Cc2ccccc2)c1.Cl. The summed E-state index contributed by atoms with van der Waals surface area (Å²) in [5.41, 5.74) is 7.18. The third-order valence-electron chi connectivity index (χ3n) is 3.26. The Hall–Kier alpha value is -1.62. The Bertz CT molecular complexity index is 565. The summed E-state index contributed by atoms with van der Waals surface area (Å²) in [4.78, 5) is 0. The maximum atomic E-state index is 13.8. The third kappa shape index (κ3) is 4.43. The van der Waals surface area contributed by atoms with Gasteiger partial charge in [0, 0.05) is 12.0 Å². The molecule has 0 aliphatic carbocycles. The van der Waals surface area contributed by atoms with Gasteiger partial charge in [0.15, 0.2) is 0 Å².